The van der Waals surface area contributed by atoms with E-state index in [0.29, 0.717) is 10.7 Å². The van der Waals surface area contributed by atoms with E-state index in [2.05, 4.69) is 15.5 Å². The first-order chi connectivity index (χ1) is 11.1. The average molecular weight is 329 g/mol. The van der Waals surface area contributed by atoms with Crippen LogP contribution in [0.15, 0.2) is 30.5 Å². The van der Waals surface area contributed by atoms with Crippen LogP contribution in [0.4, 0.5) is 0 Å². The van der Waals surface area contributed by atoms with Crippen LogP contribution in [0, 0.1) is 0 Å². The zero-order chi connectivity index (χ0) is 16.0. The minimum atomic E-state index is -0.0623. The summed E-state index contributed by atoms with van der Waals surface area (Å²) in [6.45, 7) is 0. The molecule has 0 fully saturated rings. The number of H-pyrrole nitrogens is 1. The van der Waals surface area contributed by atoms with E-state index in [1.807, 2.05) is 42.1 Å². The predicted molar refractivity (Wildman–Crippen MR) is 89.8 cm³/mol. The summed E-state index contributed by atoms with van der Waals surface area (Å²) >= 11 is 6.23. The van der Waals surface area contributed by atoms with Crippen molar-refractivity contribution in [1.29, 1.82) is 0 Å². The van der Waals surface area contributed by atoms with E-state index >= 15 is 0 Å². The number of hydrogen-bond acceptors (Lipinski definition) is 2. The second-order valence-corrected chi connectivity index (χ2v) is 6.46. The molecule has 3 aromatic rings. The molecule has 0 unspecified atom stereocenters. The number of rotatable bonds is 2. The molecule has 1 aliphatic rings. The molecule has 0 saturated carbocycles. The smallest absolute Gasteiger partial charge is 0.268 e. The third-order valence-corrected chi connectivity index (χ3v) is 4.95. The fourth-order valence-electron chi connectivity index (χ4n) is 3.33. The maximum atomic E-state index is 12.7. The van der Waals surface area contributed by atoms with Crippen LogP contribution in [0.3, 0.4) is 0 Å². The van der Waals surface area contributed by atoms with Crippen LogP contribution >= 0.6 is 11.6 Å². The first-order valence-corrected chi connectivity index (χ1v) is 8.07. The highest BCUT2D eigenvalue weighted by Gasteiger charge is 2.23. The van der Waals surface area contributed by atoms with Gasteiger partial charge in [-0.2, -0.15) is 5.10 Å². The van der Waals surface area contributed by atoms with Gasteiger partial charge in [0, 0.05) is 41.1 Å². The topological polar surface area (TPSA) is 62.7 Å². The Bertz CT molecular complexity index is 895. The number of fused-ring (bicyclic) bond motifs is 2. The number of benzene rings is 1. The van der Waals surface area contributed by atoms with Crippen molar-refractivity contribution < 1.29 is 4.79 Å². The Morgan fingerprint density at radius 2 is 2.35 bits per heavy atom. The quantitative estimate of drug-likeness (QED) is 0.760. The van der Waals surface area contributed by atoms with Crippen molar-refractivity contribution in [2.75, 3.05) is 0 Å². The Balaban J connectivity index is 1.58. The molecule has 1 aliphatic carbocycles. The van der Waals surface area contributed by atoms with Gasteiger partial charge in [-0.1, -0.05) is 17.7 Å². The highest BCUT2D eigenvalue weighted by molar-refractivity contribution is 6.35. The summed E-state index contributed by atoms with van der Waals surface area (Å²) in [5.41, 5.74) is 3.97. The number of halogens is 1. The molecule has 2 N–H and O–H groups in total. The number of carbonyl (C=O) groups excluding carboxylic acids is 1. The van der Waals surface area contributed by atoms with Gasteiger partial charge in [0.15, 0.2) is 0 Å². The second kappa shape index (κ2) is 5.42. The molecular formula is C17H17ClN4O. The summed E-state index contributed by atoms with van der Waals surface area (Å²) in [4.78, 5) is 12.7. The normalized spacial score (nSPS) is 17.2. The van der Waals surface area contributed by atoms with Crippen LogP contribution in [0.25, 0.3) is 10.9 Å². The average Bonchev–Trinajstić information content (AvgIpc) is 3.13. The van der Waals surface area contributed by atoms with E-state index in [9.17, 15) is 4.79 Å². The van der Waals surface area contributed by atoms with Gasteiger partial charge in [-0.05, 0) is 36.6 Å². The lowest BCUT2D eigenvalue weighted by Gasteiger charge is -2.22. The number of carbonyl (C=O) groups is 1. The van der Waals surface area contributed by atoms with Gasteiger partial charge in [0.25, 0.3) is 5.91 Å². The number of hydrogen-bond donors (Lipinski definition) is 2. The third-order valence-electron chi connectivity index (χ3n) is 4.62. The van der Waals surface area contributed by atoms with Crippen molar-refractivity contribution in [3.05, 3.63) is 52.4 Å². The molecule has 4 rings (SSSR count). The lowest BCUT2D eigenvalue weighted by atomic mass is 9.94. The molecular weight excluding hydrogens is 312 g/mol. The molecule has 0 saturated heterocycles. The summed E-state index contributed by atoms with van der Waals surface area (Å²) in [5.74, 6) is -0.0623. The maximum Gasteiger partial charge on any atom is 0.268 e. The molecule has 5 nitrogen and oxygen atoms in total. The first kappa shape index (κ1) is 14.3. The zero-order valence-electron chi connectivity index (χ0n) is 12.8. The van der Waals surface area contributed by atoms with Gasteiger partial charge in [0.05, 0.1) is 6.20 Å². The lowest BCUT2D eigenvalue weighted by molar-refractivity contribution is 0.0925. The summed E-state index contributed by atoms with van der Waals surface area (Å²) in [6, 6.07) is 7.69. The van der Waals surface area contributed by atoms with Crippen LogP contribution in [0.1, 0.15) is 28.2 Å². The van der Waals surface area contributed by atoms with Crippen molar-refractivity contribution >= 4 is 28.4 Å². The Labute approximate surface area is 138 Å². The van der Waals surface area contributed by atoms with Crippen LogP contribution in [0.5, 0.6) is 0 Å². The molecule has 0 radical (unpaired) electrons. The molecule has 1 atom stereocenters. The number of nitrogens with zero attached hydrogens (tertiary/aromatic N) is 2. The predicted octanol–water partition coefficient (Wildman–Crippen LogP) is 2.84. The van der Waals surface area contributed by atoms with Crippen LogP contribution in [-0.4, -0.2) is 26.7 Å². The molecule has 0 bridgehead atoms. The number of aryl methyl sites for hydroxylation is 2. The Morgan fingerprint density at radius 1 is 1.48 bits per heavy atom. The highest BCUT2D eigenvalue weighted by Crippen LogP contribution is 2.26. The number of amides is 1. The first-order valence-electron chi connectivity index (χ1n) is 7.69. The largest absolute Gasteiger partial charge is 0.348 e. The van der Waals surface area contributed by atoms with Gasteiger partial charge >= 0.3 is 0 Å². The van der Waals surface area contributed by atoms with E-state index in [1.165, 1.54) is 5.56 Å². The molecule has 1 amide bonds. The van der Waals surface area contributed by atoms with Crippen molar-refractivity contribution in [3.8, 4) is 0 Å². The van der Waals surface area contributed by atoms with Gasteiger partial charge in [-0.15, -0.1) is 0 Å². The van der Waals surface area contributed by atoms with E-state index in [1.54, 1.807) is 0 Å². The number of aromatic nitrogens is 3. The molecule has 1 aromatic carbocycles. The van der Waals surface area contributed by atoms with Crippen molar-refractivity contribution in [2.24, 2.45) is 7.05 Å². The van der Waals surface area contributed by atoms with Gasteiger partial charge in [0.2, 0.25) is 0 Å². The van der Waals surface area contributed by atoms with Crippen molar-refractivity contribution in [1.82, 2.24) is 20.1 Å². The summed E-state index contributed by atoms with van der Waals surface area (Å²) in [7, 11) is 1.89. The van der Waals surface area contributed by atoms with Gasteiger partial charge in [-0.3, -0.25) is 9.89 Å². The van der Waals surface area contributed by atoms with Crippen LogP contribution in [0.2, 0.25) is 5.02 Å². The lowest BCUT2D eigenvalue weighted by Crippen LogP contribution is -2.39. The van der Waals surface area contributed by atoms with Gasteiger partial charge < -0.3 is 9.88 Å². The SMILES string of the molecule is Cn1c(C(=O)N[C@@H]2CCc3cn[nH]c3C2)cc2c(Cl)cccc21. The molecule has 0 aliphatic heterocycles. The third kappa shape index (κ3) is 2.41. The van der Waals surface area contributed by atoms with Gasteiger partial charge in [-0.25, -0.2) is 0 Å². The van der Waals surface area contributed by atoms with Crippen molar-refractivity contribution in [3.63, 3.8) is 0 Å². The van der Waals surface area contributed by atoms with Crippen LogP contribution < -0.4 is 5.32 Å². The fourth-order valence-corrected chi connectivity index (χ4v) is 3.56. The second-order valence-electron chi connectivity index (χ2n) is 6.05. The molecule has 2 aromatic heterocycles. The molecule has 118 valence electrons. The van der Waals surface area contributed by atoms with Gasteiger partial charge in [0.1, 0.15) is 5.69 Å². The van der Waals surface area contributed by atoms with Crippen LogP contribution in [-0.2, 0) is 19.9 Å². The molecule has 6 heteroatoms. The number of aromatic amines is 1. The summed E-state index contributed by atoms with van der Waals surface area (Å²) in [6.07, 6.45) is 4.55. The minimum absolute atomic E-state index is 0.0623. The van der Waals surface area contributed by atoms with E-state index in [-0.39, 0.29) is 11.9 Å². The van der Waals surface area contributed by atoms with Crippen molar-refractivity contribution in [2.45, 2.75) is 25.3 Å². The molecule has 2 heterocycles. The molecule has 0 spiro atoms. The fraction of sp³-hybridized carbons (Fsp3) is 0.294. The maximum absolute atomic E-state index is 12.7. The summed E-state index contributed by atoms with van der Waals surface area (Å²) in [5, 5.41) is 11.8. The number of nitrogens with one attached hydrogen (secondary N) is 2. The Hall–Kier alpha value is -2.27. The Kier molecular flexibility index (Phi) is 3.38. The summed E-state index contributed by atoms with van der Waals surface area (Å²) < 4.78 is 1.89. The van der Waals surface area contributed by atoms with E-state index < -0.39 is 0 Å². The monoisotopic (exact) mass is 328 g/mol. The minimum Gasteiger partial charge on any atom is -0.348 e. The Morgan fingerprint density at radius 3 is 3.17 bits per heavy atom. The van der Waals surface area contributed by atoms with E-state index in [0.717, 1.165) is 35.9 Å². The zero-order valence-corrected chi connectivity index (χ0v) is 13.5. The highest BCUT2D eigenvalue weighted by atomic mass is 35.5. The molecule has 23 heavy (non-hydrogen) atoms. The standard InChI is InChI=1S/C17H17ClN4O/c1-22-15-4-2-3-13(18)12(15)8-16(22)17(23)20-11-6-5-10-9-19-21-14(10)7-11/h2-4,8-9,11H,5-7H2,1H3,(H,19,21)(H,20,23)/t11-/m1/s1. The van der Waals surface area contributed by atoms with E-state index in [4.69, 9.17) is 11.6 Å².